The van der Waals surface area contributed by atoms with Crippen molar-refractivity contribution in [3.63, 3.8) is 0 Å². The zero-order valence-corrected chi connectivity index (χ0v) is 13.2. The van der Waals surface area contributed by atoms with E-state index < -0.39 is 0 Å². The number of fused-ring (bicyclic) bond motifs is 1. The predicted octanol–water partition coefficient (Wildman–Crippen LogP) is 3.94. The van der Waals surface area contributed by atoms with E-state index in [1.54, 1.807) is 30.4 Å². The quantitative estimate of drug-likeness (QED) is 0.711. The third kappa shape index (κ3) is 2.85. The number of halogens is 2. The molecule has 0 amide bonds. The smallest absolute Gasteiger partial charge is 0.267 e. The fourth-order valence-corrected chi connectivity index (χ4v) is 3.13. The molecule has 0 atom stereocenters. The molecule has 2 heterocycles. The van der Waals surface area contributed by atoms with E-state index in [4.69, 9.17) is 23.2 Å². The van der Waals surface area contributed by atoms with Crippen LogP contribution < -0.4 is 5.56 Å². The second-order valence-corrected chi connectivity index (χ2v) is 6.28. The minimum atomic E-state index is -0.214. The van der Waals surface area contributed by atoms with E-state index in [1.165, 1.54) is 21.9 Å². The number of aromatic nitrogens is 3. The van der Waals surface area contributed by atoms with E-state index >= 15 is 0 Å². The van der Waals surface area contributed by atoms with Gasteiger partial charge in [0, 0.05) is 21.7 Å². The van der Waals surface area contributed by atoms with Crippen LogP contribution in [-0.4, -0.2) is 14.6 Å². The van der Waals surface area contributed by atoms with Crippen molar-refractivity contribution in [2.45, 2.75) is 6.92 Å². The Kier molecular flexibility index (Phi) is 3.80. The summed E-state index contributed by atoms with van der Waals surface area (Å²) in [5.41, 5.74) is 1.03. The largest absolute Gasteiger partial charge is 0.275 e. The minimum absolute atomic E-state index is 0.214. The Bertz CT molecular complexity index is 894. The lowest BCUT2D eigenvalue weighted by atomic mass is 10.2. The topological polar surface area (TPSA) is 47.3 Å². The first-order chi connectivity index (χ1) is 10.0. The molecule has 0 radical (unpaired) electrons. The first kappa shape index (κ1) is 14.3. The van der Waals surface area contributed by atoms with E-state index in [1.807, 2.05) is 6.92 Å². The van der Waals surface area contributed by atoms with Crippen LogP contribution in [0, 0.1) is 6.92 Å². The first-order valence-electron chi connectivity index (χ1n) is 6.04. The Balaban J connectivity index is 2.05. The summed E-state index contributed by atoms with van der Waals surface area (Å²) in [5, 5.41) is 5.97. The molecular weight excluding hydrogens is 329 g/mol. The Labute approximate surface area is 134 Å². The van der Waals surface area contributed by atoms with Gasteiger partial charge in [-0.25, -0.2) is 4.98 Å². The molecule has 0 N–H and O–H groups in total. The van der Waals surface area contributed by atoms with Crippen molar-refractivity contribution < 1.29 is 0 Å². The summed E-state index contributed by atoms with van der Waals surface area (Å²) in [4.78, 5) is 16.9. The van der Waals surface area contributed by atoms with Crippen LogP contribution in [0.4, 0.5) is 0 Å². The first-order valence-corrected chi connectivity index (χ1v) is 7.61. The Morgan fingerprint density at radius 3 is 2.67 bits per heavy atom. The van der Waals surface area contributed by atoms with Gasteiger partial charge in [0.05, 0.1) is 5.69 Å². The van der Waals surface area contributed by atoms with Gasteiger partial charge in [0.25, 0.3) is 5.56 Å². The van der Waals surface area contributed by atoms with Gasteiger partial charge in [-0.1, -0.05) is 40.6 Å². The summed E-state index contributed by atoms with van der Waals surface area (Å²) in [5.74, 6) is 0. The van der Waals surface area contributed by atoms with Gasteiger partial charge >= 0.3 is 0 Å². The second kappa shape index (κ2) is 5.60. The molecule has 3 rings (SSSR count). The standard InChI is InChI=1S/C14H9Cl2N3OS/c1-8-18-19-13(20)7-9(17-14(19)21-8)5-6-10-11(15)3-2-4-12(10)16/h2-7H,1H3. The summed E-state index contributed by atoms with van der Waals surface area (Å²) < 4.78 is 1.29. The van der Waals surface area contributed by atoms with Crippen LogP contribution >= 0.6 is 34.5 Å². The van der Waals surface area contributed by atoms with Crippen molar-refractivity contribution in [3.8, 4) is 0 Å². The molecule has 0 aliphatic rings. The van der Waals surface area contributed by atoms with Gasteiger partial charge in [0.15, 0.2) is 0 Å². The van der Waals surface area contributed by atoms with Crippen LogP contribution in [0.1, 0.15) is 16.3 Å². The lowest BCUT2D eigenvalue weighted by molar-refractivity contribution is 0.879. The van der Waals surface area contributed by atoms with Crippen molar-refractivity contribution in [2.75, 3.05) is 0 Å². The minimum Gasteiger partial charge on any atom is -0.267 e. The fraction of sp³-hybridized carbons (Fsp3) is 0.0714. The number of hydrogen-bond acceptors (Lipinski definition) is 4. The van der Waals surface area contributed by atoms with Crippen LogP contribution in [0.15, 0.2) is 29.1 Å². The van der Waals surface area contributed by atoms with Crippen molar-refractivity contribution in [3.05, 3.63) is 60.9 Å². The van der Waals surface area contributed by atoms with Crippen LogP contribution in [0.2, 0.25) is 10.0 Å². The number of rotatable bonds is 2. The highest BCUT2D eigenvalue weighted by molar-refractivity contribution is 7.16. The van der Waals surface area contributed by atoms with E-state index in [0.29, 0.717) is 26.3 Å². The van der Waals surface area contributed by atoms with Crippen LogP contribution in [0.3, 0.4) is 0 Å². The molecule has 0 unspecified atom stereocenters. The van der Waals surface area contributed by atoms with Crippen molar-refractivity contribution in [2.24, 2.45) is 0 Å². The molecule has 0 aliphatic heterocycles. The average Bonchev–Trinajstić information content (AvgIpc) is 2.79. The maximum atomic E-state index is 11.9. The van der Waals surface area contributed by atoms with Crippen LogP contribution in [-0.2, 0) is 0 Å². The Hall–Kier alpha value is -1.69. The van der Waals surface area contributed by atoms with Gasteiger partial charge in [0.2, 0.25) is 4.96 Å². The fourth-order valence-electron chi connectivity index (χ4n) is 1.85. The van der Waals surface area contributed by atoms with Crippen molar-refractivity contribution >= 4 is 51.7 Å². The molecule has 2 aromatic heterocycles. The molecule has 0 bridgehead atoms. The highest BCUT2D eigenvalue weighted by Gasteiger charge is 2.06. The third-order valence-electron chi connectivity index (χ3n) is 2.79. The molecular formula is C14H9Cl2N3OS. The van der Waals surface area contributed by atoms with Gasteiger partial charge in [-0.05, 0) is 31.2 Å². The molecule has 0 spiro atoms. The predicted molar refractivity (Wildman–Crippen MR) is 87.3 cm³/mol. The van der Waals surface area contributed by atoms with Crippen molar-refractivity contribution in [1.82, 2.24) is 14.6 Å². The monoisotopic (exact) mass is 337 g/mol. The van der Waals surface area contributed by atoms with Gasteiger partial charge in [0.1, 0.15) is 5.01 Å². The molecule has 0 saturated carbocycles. The van der Waals surface area contributed by atoms with Gasteiger partial charge < -0.3 is 0 Å². The third-order valence-corrected chi connectivity index (χ3v) is 4.27. The van der Waals surface area contributed by atoms with E-state index in [-0.39, 0.29) is 5.56 Å². The summed E-state index contributed by atoms with van der Waals surface area (Å²) >= 11 is 13.6. The zero-order chi connectivity index (χ0) is 15.0. The summed E-state index contributed by atoms with van der Waals surface area (Å²) in [6.45, 7) is 1.83. The molecule has 0 saturated heterocycles. The summed E-state index contributed by atoms with van der Waals surface area (Å²) in [7, 11) is 0. The van der Waals surface area contributed by atoms with Crippen LogP contribution in [0.5, 0.6) is 0 Å². The number of aryl methyl sites for hydroxylation is 1. The van der Waals surface area contributed by atoms with Gasteiger partial charge in [-0.15, -0.1) is 0 Å². The maximum Gasteiger partial charge on any atom is 0.275 e. The molecule has 4 nitrogen and oxygen atoms in total. The normalized spacial score (nSPS) is 11.6. The van der Waals surface area contributed by atoms with E-state index in [9.17, 15) is 4.79 Å². The molecule has 106 valence electrons. The molecule has 0 aliphatic carbocycles. The zero-order valence-electron chi connectivity index (χ0n) is 10.9. The van der Waals surface area contributed by atoms with Crippen LogP contribution in [0.25, 0.3) is 17.1 Å². The number of benzene rings is 1. The molecule has 3 aromatic rings. The Morgan fingerprint density at radius 2 is 1.95 bits per heavy atom. The lowest BCUT2D eigenvalue weighted by Crippen LogP contribution is -2.14. The molecule has 7 heteroatoms. The highest BCUT2D eigenvalue weighted by Crippen LogP contribution is 2.26. The van der Waals surface area contributed by atoms with E-state index in [2.05, 4.69) is 10.1 Å². The van der Waals surface area contributed by atoms with E-state index in [0.717, 1.165) is 5.01 Å². The van der Waals surface area contributed by atoms with Crippen molar-refractivity contribution in [1.29, 1.82) is 0 Å². The number of nitrogens with zero attached hydrogens (tertiary/aromatic N) is 3. The molecule has 1 aromatic carbocycles. The SMILES string of the molecule is Cc1nn2c(=O)cc(C=Cc3c(Cl)cccc3Cl)nc2s1. The Morgan fingerprint density at radius 1 is 1.24 bits per heavy atom. The lowest BCUT2D eigenvalue weighted by Gasteiger charge is -2.00. The number of hydrogen-bond donors (Lipinski definition) is 0. The summed E-state index contributed by atoms with van der Waals surface area (Å²) in [6, 6.07) is 6.71. The maximum absolute atomic E-state index is 11.9. The molecule has 0 fully saturated rings. The highest BCUT2D eigenvalue weighted by atomic mass is 35.5. The average molecular weight is 338 g/mol. The summed E-state index contributed by atoms with van der Waals surface area (Å²) in [6.07, 6.45) is 3.46. The molecule has 21 heavy (non-hydrogen) atoms. The van der Waals surface area contributed by atoms with Gasteiger partial charge in [-0.2, -0.15) is 9.61 Å². The second-order valence-electron chi connectivity index (χ2n) is 4.30. The van der Waals surface area contributed by atoms with Gasteiger partial charge in [-0.3, -0.25) is 4.79 Å².